The molecular formula is C12H24N2O8. The summed E-state index contributed by atoms with van der Waals surface area (Å²) in [6.07, 6.45) is -7.28. The maximum Gasteiger partial charge on any atom is 0.320 e. The van der Waals surface area contributed by atoms with Crippen molar-refractivity contribution in [3.05, 3.63) is 0 Å². The minimum Gasteiger partial charge on any atom is -0.480 e. The van der Waals surface area contributed by atoms with E-state index in [1.807, 2.05) is 0 Å². The number of ether oxygens (including phenoxy) is 2. The summed E-state index contributed by atoms with van der Waals surface area (Å²) in [6, 6.07) is -1.06. The van der Waals surface area contributed by atoms with Gasteiger partial charge in [-0.25, -0.2) is 0 Å². The van der Waals surface area contributed by atoms with Gasteiger partial charge in [0.15, 0.2) is 6.29 Å². The van der Waals surface area contributed by atoms with Crippen LogP contribution >= 0.6 is 0 Å². The zero-order valence-corrected chi connectivity index (χ0v) is 12.0. The van der Waals surface area contributed by atoms with Crippen molar-refractivity contribution in [2.24, 2.45) is 11.5 Å². The predicted octanol–water partition coefficient (Wildman–Crippen LogP) is -3.68. The van der Waals surface area contributed by atoms with Crippen LogP contribution < -0.4 is 11.5 Å². The van der Waals surface area contributed by atoms with Gasteiger partial charge in [-0.1, -0.05) is 0 Å². The van der Waals surface area contributed by atoms with Gasteiger partial charge in [0.05, 0.1) is 12.7 Å². The van der Waals surface area contributed by atoms with E-state index in [1.54, 1.807) is 0 Å². The number of carboxylic acids is 1. The molecule has 0 aromatic heterocycles. The first-order valence-corrected chi connectivity index (χ1v) is 6.96. The topological polar surface area (TPSA) is 189 Å². The van der Waals surface area contributed by atoms with Crippen molar-refractivity contribution in [3.63, 3.8) is 0 Å². The monoisotopic (exact) mass is 324 g/mol. The van der Waals surface area contributed by atoms with Crippen molar-refractivity contribution in [1.29, 1.82) is 0 Å². The molecule has 10 heteroatoms. The SMILES string of the molecule is NCC(CCC(N)C(=O)O)O[C@@H]1O[C@H](CO)[C@H](O)[C@H](O)[C@H]1O. The van der Waals surface area contributed by atoms with Gasteiger partial charge in [-0.3, -0.25) is 4.79 Å². The number of aliphatic hydroxyl groups excluding tert-OH is 4. The van der Waals surface area contributed by atoms with Gasteiger partial charge in [0, 0.05) is 6.54 Å². The Morgan fingerprint density at radius 1 is 1.18 bits per heavy atom. The van der Waals surface area contributed by atoms with Crippen LogP contribution in [0, 0.1) is 0 Å². The van der Waals surface area contributed by atoms with Crippen LogP contribution in [0.4, 0.5) is 0 Å². The number of aliphatic hydroxyl groups is 4. The minimum absolute atomic E-state index is 0.0152. The molecule has 0 aliphatic carbocycles. The number of carboxylic acid groups (broad SMARTS) is 1. The zero-order chi connectivity index (χ0) is 16.9. The Morgan fingerprint density at radius 3 is 2.32 bits per heavy atom. The van der Waals surface area contributed by atoms with Gasteiger partial charge in [0.1, 0.15) is 30.5 Å². The van der Waals surface area contributed by atoms with Crippen LogP contribution in [0.25, 0.3) is 0 Å². The molecule has 0 aromatic carbocycles. The summed E-state index contributed by atoms with van der Waals surface area (Å²) in [5.74, 6) is -1.15. The van der Waals surface area contributed by atoms with Gasteiger partial charge >= 0.3 is 5.97 Å². The molecule has 2 unspecified atom stereocenters. The summed E-state index contributed by atoms with van der Waals surface area (Å²) in [5, 5.41) is 46.9. The summed E-state index contributed by atoms with van der Waals surface area (Å²) in [4.78, 5) is 10.7. The number of nitrogens with two attached hydrogens (primary N) is 2. The molecule has 1 aliphatic rings. The zero-order valence-electron chi connectivity index (χ0n) is 12.0. The predicted molar refractivity (Wildman–Crippen MR) is 72.5 cm³/mol. The van der Waals surface area contributed by atoms with Crippen LogP contribution in [-0.4, -0.2) is 87.5 Å². The highest BCUT2D eigenvalue weighted by Crippen LogP contribution is 2.23. The molecule has 130 valence electrons. The molecule has 10 nitrogen and oxygen atoms in total. The van der Waals surface area contributed by atoms with E-state index < -0.39 is 55.4 Å². The normalized spacial score (nSPS) is 35.1. The van der Waals surface area contributed by atoms with Crippen LogP contribution in [0.1, 0.15) is 12.8 Å². The standard InChI is InChI=1S/C12H24N2O8/c13-3-5(1-2-6(14)11(19)20)21-12-10(18)9(17)8(16)7(4-15)22-12/h5-10,12,15-18H,1-4,13-14H2,(H,19,20)/t5?,6?,7-,8+,9+,10-,12-/m1/s1. The Labute approximate surface area is 127 Å². The van der Waals surface area contributed by atoms with E-state index in [0.29, 0.717) is 0 Å². The van der Waals surface area contributed by atoms with Crippen molar-refractivity contribution in [3.8, 4) is 0 Å². The number of hydrogen-bond donors (Lipinski definition) is 7. The number of carbonyl (C=O) groups is 1. The molecule has 1 fully saturated rings. The van der Waals surface area contributed by atoms with Crippen molar-refractivity contribution >= 4 is 5.97 Å². The molecule has 1 rings (SSSR count). The number of hydrogen-bond acceptors (Lipinski definition) is 9. The van der Waals surface area contributed by atoms with Gasteiger partial charge in [-0.2, -0.15) is 0 Å². The Hall–Kier alpha value is -0.850. The molecule has 22 heavy (non-hydrogen) atoms. The highest BCUT2D eigenvalue weighted by atomic mass is 16.7. The van der Waals surface area contributed by atoms with Gasteiger partial charge in [-0.15, -0.1) is 0 Å². The second kappa shape index (κ2) is 8.70. The quantitative estimate of drug-likeness (QED) is 0.234. The molecule has 9 N–H and O–H groups in total. The third-order valence-electron chi connectivity index (χ3n) is 3.55. The second-order valence-electron chi connectivity index (χ2n) is 5.21. The first kappa shape index (κ1) is 19.2. The lowest BCUT2D eigenvalue weighted by Crippen LogP contribution is -2.60. The largest absolute Gasteiger partial charge is 0.480 e. The van der Waals surface area contributed by atoms with Gasteiger partial charge < -0.3 is 46.5 Å². The molecule has 7 atom stereocenters. The maximum atomic E-state index is 10.7. The lowest BCUT2D eigenvalue weighted by atomic mass is 9.99. The van der Waals surface area contributed by atoms with Crippen molar-refractivity contribution in [2.45, 2.75) is 55.7 Å². The fourth-order valence-electron chi connectivity index (χ4n) is 2.10. The minimum atomic E-state index is -1.55. The molecule has 1 aliphatic heterocycles. The fraction of sp³-hybridized carbons (Fsp3) is 0.917. The van der Waals surface area contributed by atoms with E-state index in [9.17, 15) is 20.1 Å². The average Bonchev–Trinajstić information content (AvgIpc) is 2.50. The molecule has 1 heterocycles. The van der Waals surface area contributed by atoms with E-state index in [0.717, 1.165) is 0 Å². The highest BCUT2D eigenvalue weighted by Gasteiger charge is 2.44. The molecule has 0 saturated carbocycles. The molecule has 0 aromatic rings. The smallest absolute Gasteiger partial charge is 0.320 e. The van der Waals surface area contributed by atoms with Crippen LogP contribution in [0.5, 0.6) is 0 Å². The Morgan fingerprint density at radius 2 is 1.82 bits per heavy atom. The summed E-state index contributed by atoms with van der Waals surface area (Å²) < 4.78 is 10.6. The van der Waals surface area contributed by atoms with Gasteiger partial charge in [0.2, 0.25) is 0 Å². The van der Waals surface area contributed by atoms with Gasteiger partial charge in [-0.05, 0) is 12.8 Å². The van der Waals surface area contributed by atoms with Crippen molar-refractivity contribution < 1.29 is 39.8 Å². The number of rotatable bonds is 8. The van der Waals surface area contributed by atoms with Crippen LogP contribution in [0.3, 0.4) is 0 Å². The third-order valence-corrected chi connectivity index (χ3v) is 3.55. The molecule has 1 saturated heterocycles. The van der Waals surface area contributed by atoms with E-state index in [-0.39, 0.29) is 19.4 Å². The Kier molecular flexibility index (Phi) is 7.59. The molecular weight excluding hydrogens is 300 g/mol. The van der Waals surface area contributed by atoms with E-state index in [1.165, 1.54) is 0 Å². The van der Waals surface area contributed by atoms with E-state index in [2.05, 4.69) is 0 Å². The Balaban J connectivity index is 2.59. The molecule has 0 bridgehead atoms. The van der Waals surface area contributed by atoms with Crippen molar-refractivity contribution in [1.82, 2.24) is 0 Å². The Bertz CT molecular complexity index is 356. The van der Waals surface area contributed by atoms with Crippen molar-refractivity contribution in [2.75, 3.05) is 13.2 Å². The van der Waals surface area contributed by atoms with Crippen LogP contribution in [0.15, 0.2) is 0 Å². The molecule has 0 radical (unpaired) electrons. The maximum absolute atomic E-state index is 10.7. The molecule has 0 amide bonds. The summed E-state index contributed by atoms with van der Waals surface area (Å²) in [5.41, 5.74) is 10.9. The van der Waals surface area contributed by atoms with Crippen LogP contribution in [-0.2, 0) is 14.3 Å². The van der Waals surface area contributed by atoms with Crippen LogP contribution in [0.2, 0.25) is 0 Å². The van der Waals surface area contributed by atoms with E-state index in [4.69, 9.17) is 31.2 Å². The number of aliphatic carboxylic acids is 1. The average molecular weight is 324 g/mol. The lowest BCUT2D eigenvalue weighted by Gasteiger charge is -2.40. The summed E-state index contributed by atoms with van der Waals surface area (Å²) >= 11 is 0. The summed E-state index contributed by atoms with van der Waals surface area (Å²) in [7, 11) is 0. The fourth-order valence-corrected chi connectivity index (χ4v) is 2.10. The first-order chi connectivity index (χ1) is 10.3. The van der Waals surface area contributed by atoms with E-state index >= 15 is 0 Å². The third kappa shape index (κ3) is 4.83. The highest BCUT2D eigenvalue weighted by molar-refractivity contribution is 5.72. The second-order valence-corrected chi connectivity index (χ2v) is 5.21. The first-order valence-electron chi connectivity index (χ1n) is 6.96. The lowest BCUT2D eigenvalue weighted by molar-refractivity contribution is -0.310. The molecule has 0 spiro atoms. The van der Waals surface area contributed by atoms with Gasteiger partial charge in [0.25, 0.3) is 0 Å². The summed E-state index contributed by atoms with van der Waals surface area (Å²) in [6.45, 7) is -0.552.